The Bertz CT molecular complexity index is 916. The lowest BCUT2D eigenvalue weighted by Crippen LogP contribution is -2.25. The molecule has 0 radical (unpaired) electrons. The summed E-state index contributed by atoms with van der Waals surface area (Å²) in [5, 5.41) is 4.07. The van der Waals surface area contributed by atoms with Crippen molar-refractivity contribution in [3.63, 3.8) is 0 Å². The van der Waals surface area contributed by atoms with Gasteiger partial charge in [0.1, 0.15) is 10.5 Å². The largest absolute Gasteiger partial charge is 0.456 e. The molecule has 2 aromatic heterocycles. The molecule has 26 heavy (non-hydrogen) atoms. The van der Waals surface area contributed by atoms with Gasteiger partial charge in [-0.3, -0.25) is 4.79 Å². The number of hydrogen-bond donors (Lipinski definition) is 1. The summed E-state index contributed by atoms with van der Waals surface area (Å²) in [6.07, 6.45) is 0. The van der Waals surface area contributed by atoms with E-state index < -0.39 is 5.60 Å². The van der Waals surface area contributed by atoms with Crippen LogP contribution in [0, 0.1) is 0 Å². The molecular formula is C20H21NO3S2. The average molecular weight is 388 g/mol. The quantitative estimate of drug-likeness (QED) is 0.609. The topological polar surface area (TPSA) is 55.4 Å². The normalized spacial score (nSPS) is 12.8. The Labute approximate surface area is 160 Å². The van der Waals surface area contributed by atoms with Crippen LogP contribution < -0.4 is 5.32 Å². The molecule has 0 bridgehead atoms. The molecule has 0 fully saturated rings. The van der Waals surface area contributed by atoms with E-state index in [1.54, 1.807) is 6.07 Å². The van der Waals surface area contributed by atoms with Crippen LogP contribution in [0.15, 0.2) is 42.5 Å². The van der Waals surface area contributed by atoms with Crippen molar-refractivity contribution in [1.29, 1.82) is 0 Å². The van der Waals surface area contributed by atoms with E-state index in [0.717, 1.165) is 15.0 Å². The number of rotatable bonds is 4. The van der Waals surface area contributed by atoms with Crippen LogP contribution in [0.2, 0.25) is 0 Å². The van der Waals surface area contributed by atoms with Crippen molar-refractivity contribution < 1.29 is 14.3 Å². The maximum Gasteiger partial charge on any atom is 0.348 e. The summed E-state index contributed by atoms with van der Waals surface area (Å²) in [6.45, 7) is 7.43. The van der Waals surface area contributed by atoms with Gasteiger partial charge in [0.05, 0.1) is 10.9 Å². The highest BCUT2D eigenvalue weighted by Crippen LogP contribution is 2.28. The number of carbonyl (C=O) groups excluding carboxylic acids is 2. The zero-order chi connectivity index (χ0) is 18.9. The van der Waals surface area contributed by atoms with Gasteiger partial charge in [-0.15, -0.1) is 22.7 Å². The first-order chi connectivity index (χ1) is 12.2. The van der Waals surface area contributed by atoms with Crippen molar-refractivity contribution in [2.75, 3.05) is 0 Å². The van der Waals surface area contributed by atoms with Crippen molar-refractivity contribution in [2.45, 2.75) is 39.3 Å². The molecule has 3 aromatic rings. The minimum Gasteiger partial charge on any atom is -0.456 e. The van der Waals surface area contributed by atoms with Gasteiger partial charge in [-0.2, -0.15) is 0 Å². The number of ether oxygens (including phenoxy) is 1. The van der Waals surface area contributed by atoms with E-state index in [2.05, 4.69) is 5.32 Å². The molecule has 1 aromatic carbocycles. The summed E-state index contributed by atoms with van der Waals surface area (Å²) in [5.74, 6) is -0.442. The maximum atomic E-state index is 12.5. The molecular weight excluding hydrogens is 366 g/mol. The second kappa shape index (κ2) is 7.21. The van der Waals surface area contributed by atoms with Crippen molar-refractivity contribution in [3.8, 4) is 0 Å². The lowest BCUT2D eigenvalue weighted by atomic mass is 10.2. The van der Waals surface area contributed by atoms with Gasteiger partial charge in [0.15, 0.2) is 0 Å². The summed E-state index contributed by atoms with van der Waals surface area (Å²) in [6, 6.07) is 13.3. The number of nitrogens with one attached hydrogen (secondary N) is 1. The molecule has 136 valence electrons. The third-order valence-corrected chi connectivity index (χ3v) is 6.01. The number of carbonyl (C=O) groups is 2. The predicted molar refractivity (Wildman–Crippen MR) is 107 cm³/mol. The molecule has 6 heteroatoms. The van der Waals surface area contributed by atoms with Gasteiger partial charge < -0.3 is 10.1 Å². The summed E-state index contributed by atoms with van der Waals surface area (Å²) in [7, 11) is 0. The van der Waals surface area contributed by atoms with Gasteiger partial charge >= 0.3 is 5.97 Å². The van der Waals surface area contributed by atoms with Gasteiger partial charge in [-0.1, -0.05) is 18.2 Å². The second-order valence-corrected chi connectivity index (χ2v) is 9.25. The first kappa shape index (κ1) is 18.6. The molecule has 0 aliphatic heterocycles. The van der Waals surface area contributed by atoms with Crippen molar-refractivity contribution in [1.82, 2.24) is 5.32 Å². The summed E-state index contributed by atoms with van der Waals surface area (Å²) >= 11 is 2.82. The fraction of sp³-hybridized carbons (Fsp3) is 0.300. The van der Waals surface area contributed by atoms with Gasteiger partial charge in [-0.05, 0) is 57.3 Å². The van der Waals surface area contributed by atoms with E-state index in [0.29, 0.717) is 9.75 Å². The van der Waals surface area contributed by atoms with Crippen LogP contribution in [0.5, 0.6) is 0 Å². The van der Waals surface area contributed by atoms with Crippen molar-refractivity contribution >= 4 is 44.6 Å². The van der Waals surface area contributed by atoms with Crippen LogP contribution in [0.1, 0.15) is 58.0 Å². The highest BCUT2D eigenvalue weighted by molar-refractivity contribution is 7.20. The van der Waals surface area contributed by atoms with E-state index in [1.807, 2.05) is 64.1 Å². The Morgan fingerprint density at radius 3 is 2.46 bits per heavy atom. The third-order valence-electron chi connectivity index (χ3n) is 3.65. The van der Waals surface area contributed by atoms with Gasteiger partial charge in [0.2, 0.25) is 0 Å². The number of amides is 1. The molecule has 3 rings (SSSR count). The number of esters is 1. The van der Waals surface area contributed by atoms with E-state index in [1.165, 1.54) is 22.7 Å². The van der Waals surface area contributed by atoms with Gasteiger partial charge in [-0.25, -0.2) is 4.79 Å². The number of hydrogen-bond acceptors (Lipinski definition) is 5. The molecule has 4 nitrogen and oxygen atoms in total. The van der Waals surface area contributed by atoms with E-state index in [4.69, 9.17) is 4.74 Å². The molecule has 1 unspecified atom stereocenters. The Morgan fingerprint density at radius 1 is 1.04 bits per heavy atom. The lowest BCUT2D eigenvalue weighted by Gasteiger charge is -2.18. The van der Waals surface area contributed by atoms with Crippen LogP contribution >= 0.6 is 22.7 Å². The van der Waals surface area contributed by atoms with Crippen LogP contribution in [-0.2, 0) is 4.74 Å². The standard InChI is InChI=1S/C20H21NO3S2/c1-12(14-9-10-16(25-14)19(23)24-20(2,3)4)21-18(22)17-11-13-7-5-6-8-15(13)26-17/h5-12H,1-4H3,(H,21,22). The fourth-order valence-electron chi connectivity index (χ4n) is 2.46. The van der Waals surface area contributed by atoms with E-state index >= 15 is 0 Å². The van der Waals surface area contributed by atoms with Crippen molar-refractivity contribution in [3.05, 3.63) is 57.1 Å². The Kier molecular flexibility index (Phi) is 5.16. The number of thiophene rings is 2. The average Bonchev–Trinajstić information content (AvgIpc) is 3.20. The van der Waals surface area contributed by atoms with Crippen LogP contribution in [-0.4, -0.2) is 17.5 Å². The SMILES string of the molecule is CC(NC(=O)c1cc2ccccc2s1)c1ccc(C(=O)OC(C)(C)C)s1. The maximum absolute atomic E-state index is 12.5. The summed E-state index contributed by atoms with van der Waals surface area (Å²) in [4.78, 5) is 26.8. The summed E-state index contributed by atoms with van der Waals surface area (Å²) in [5.41, 5.74) is -0.526. The van der Waals surface area contributed by atoms with Crippen molar-refractivity contribution in [2.24, 2.45) is 0 Å². The first-order valence-electron chi connectivity index (χ1n) is 8.35. The molecule has 0 aliphatic rings. The Balaban J connectivity index is 1.69. The fourth-order valence-corrected chi connectivity index (χ4v) is 4.31. The van der Waals surface area contributed by atoms with Gasteiger partial charge in [0.25, 0.3) is 5.91 Å². The highest BCUT2D eigenvalue weighted by atomic mass is 32.1. The molecule has 0 saturated heterocycles. The number of fused-ring (bicyclic) bond motifs is 1. The number of benzene rings is 1. The molecule has 0 saturated carbocycles. The molecule has 1 amide bonds. The van der Waals surface area contributed by atoms with Crippen LogP contribution in [0.25, 0.3) is 10.1 Å². The van der Waals surface area contributed by atoms with E-state index in [-0.39, 0.29) is 17.9 Å². The third kappa shape index (κ3) is 4.31. The molecule has 2 heterocycles. The summed E-state index contributed by atoms with van der Waals surface area (Å²) < 4.78 is 6.48. The minimum absolute atomic E-state index is 0.106. The lowest BCUT2D eigenvalue weighted by molar-refractivity contribution is 0.00751. The molecule has 0 spiro atoms. The van der Waals surface area contributed by atoms with Gasteiger partial charge in [0, 0.05) is 9.58 Å². The van der Waals surface area contributed by atoms with E-state index in [9.17, 15) is 9.59 Å². The monoisotopic (exact) mass is 387 g/mol. The van der Waals surface area contributed by atoms with Crippen LogP contribution in [0.4, 0.5) is 0 Å². The minimum atomic E-state index is -0.526. The first-order valence-corrected chi connectivity index (χ1v) is 9.99. The zero-order valence-corrected chi connectivity index (χ0v) is 16.8. The molecule has 1 N–H and O–H groups in total. The zero-order valence-electron chi connectivity index (χ0n) is 15.2. The Morgan fingerprint density at radius 2 is 1.77 bits per heavy atom. The smallest absolute Gasteiger partial charge is 0.348 e. The van der Waals surface area contributed by atoms with Crippen LogP contribution in [0.3, 0.4) is 0 Å². The molecule has 0 aliphatic carbocycles. The highest BCUT2D eigenvalue weighted by Gasteiger charge is 2.21. The predicted octanol–water partition coefficient (Wildman–Crippen LogP) is 5.41. The molecule has 1 atom stereocenters. The second-order valence-electron chi connectivity index (χ2n) is 7.05. The Hall–Kier alpha value is -2.18.